The van der Waals surface area contributed by atoms with Gasteiger partial charge in [-0.25, -0.2) is 4.39 Å². The molecule has 2 amide bonds. The molecule has 8 heteroatoms. The minimum atomic E-state index is -0.507. The normalized spacial score (nSPS) is 16.0. The van der Waals surface area contributed by atoms with Gasteiger partial charge >= 0.3 is 0 Å². The maximum atomic E-state index is 13.1. The number of anilines is 2. The summed E-state index contributed by atoms with van der Waals surface area (Å²) < 4.78 is 13.1. The summed E-state index contributed by atoms with van der Waals surface area (Å²) in [6, 6.07) is 16.3. The number of hydrogen-bond donors (Lipinski definition) is 2. The van der Waals surface area contributed by atoms with Crippen molar-refractivity contribution in [2.45, 2.75) is 12.8 Å². The monoisotopic (exact) mass is 419 g/mol. The summed E-state index contributed by atoms with van der Waals surface area (Å²) in [5, 5.41) is 11.5. The van der Waals surface area contributed by atoms with Crippen LogP contribution in [0.1, 0.15) is 23.2 Å². The maximum absolute atomic E-state index is 13.1. The summed E-state index contributed by atoms with van der Waals surface area (Å²) in [7, 11) is 0. The van der Waals surface area contributed by atoms with Crippen molar-refractivity contribution >= 4 is 23.3 Å². The molecule has 0 unspecified atom stereocenters. The zero-order valence-corrected chi connectivity index (χ0v) is 16.8. The Morgan fingerprint density at radius 2 is 1.74 bits per heavy atom. The lowest BCUT2D eigenvalue weighted by Crippen LogP contribution is -2.41. The minimum absolute atomic E-state index is 0.0765. The molecule has 0 radical (unpaired) electrons. The van der Waals surface area contributed by atoms with Crippen LogP contribution < -0.4 is 16.0 Å². The highest BCUT2D eigenvalue weighted by Gasteiger charge is 2.27. The number of nitrogens with zero attached hydrogens (tertiary/aromatic N) is 3. The molecule has 0 bridgehead atoms. The smallest absolute Gasteiger partial charge is 0.248 e. The van der Waals surface area contributed by atoms with Crippen LogP contribution in [0.15, 0.2) is 60.7 Å². The Hall–Kier alpha value is -3.81. The molecule has 2 aromatic carbocycles. The number of hydrogen-bond acceptors (Lipinski definition) is 5. The summed E-state index contributed by atoms with van der Waals surface area (Å²) >= 11 is 0. The zero-order valence-electron chi connectivity index (χ0n) is 16.8. The van der Waals surface area contributed by atoms with Crippen molar-refractivity contribution < 1.29 is 14.0 Å². The first-order valence-corrected chi connectivity index (χ1v) is 10.0. The highest BCUT2D eigenvalue weighted by molar-refractivity contribution is 5.95. The number of nitrogens with two attached hydrogens (primary N) is 1. The number of aromatic nitrogens is 2. The first kappa shape index (κ1) is 20.5. The minimum Gasteiger partial charge on any atom is -0.366 e. The van der Waals surface area contributed by atoms with Crippen molar-refractivity contribution in [2.24, 2.45) is 11.7 Å². The van der Waals surface area contributed by atoms with Crippen molar-refractivity contribution in [3.8, 4) is 11.3 Å². The lowest BCUT2D eigenvalue weighted by atomic mass is 9.97. The molecular formula is C23H22FN5O2. The number of carbonyl (C=O) groups is 2. The Morgan fingerprint density at radius 1 is 1.00 bits per heavy atom. The largest absolute Gasteiger partial charge is 0.366 e. The fraction of sp³-hybridized carbons (Fsp3) is 0.217. The van der Waals surface area contributed by atoms with Crippen molar-refractivity contribution in [1.29, 1.82) is 0 Å². The van der Waals surface area contributed by atoms with Gasteiger partial charge in [0.2, 0.25) is 11.8 Å². The summed E-state index contributed by atoms with van der Waals surface area (Å²) in [6.07, 6.45) is 1.64. The van der Waals surface area contributed by atoms with Crippen molar-refractivity contribution in [1.82, 2.24) is 10.2 Å². The van der Waals surface area contributed by atoms with E-state index in [0.29, 0.717) is 29.3 Å². The quantitative estimate of drug-likeness (QED) is 0.661. The van der Waals surface area contributed by atoms with E-state index >= 15 is 0 Å². The average Bonchev–Trinajstić information content (AvgIpc) is 2.80. The molecule has 1 fully saturated rings. The third-order valence-electron chi connectivity index (χ3n) is 5.34. The molecule has 3 aromatic rings. The van der Waals surface area contributed by atoms with Crippen LogP contribution in [0.5, 0.6) is 0 Å². The number of piperidine rings is 1. The van der Waals surface area contributed by atoms with Crippen molar-refractivity contribution in [2.75, 3.05) is 23.3 Å². The van der Waals surface area contributed by atoms with Crippen LogP contribution in [0.4, 0.5) is 15.9 Å². The second-order valence-electron chi connectivity index (χ2n) is 7.50. The summed E-state index contributed by atoms with van der Waals surface area (Å²) in [5.74, 6) is -0.369. The molecule has 7 nitrogen and oxygen atoms in total. The maximum Gasteiger partial charge on any atom is 0.248 e. The number of rotatable bonds is 5. The lowest BCUT2D eigenvalue weighted by Gasteiger charge is -2.32. The van der Waals surface area contributed by atoms with Gasteiger partial charge in [-0.1, -0.05) is 0 Å². The van der Waals surface area contributed by atoms with Crippen LogP contribution in [0.3, 0.4) is 0 Å². The molecule has 1 atom stereocenters. The van der Waals surface area contributed by atoms with Crippen molar-refractivity contribution in [3.63, 3.8) is 0 Å². The molecule has 1 saturated heterocycles. The predicted octanol–water partition coefficient (Wildman–Crippen LogP) is 3.24. The van der Waals surface area contributed by atoms with Gasteiger partial charge < -0.3 is 16.0 Å². The van der Waals surface area contributed by atoms with E-state index in [1.54, 1.807) is 36.4 Å². The second-order valence-corrected chi connectivity index (χ2v) is 7.50. The Kier molecular flexibility index (Phi) is 5.88. The van der Waals surface area contributed by atoms with Gasteiger partial charge in [0.25, 0.3) is 0 Å². The summed E-state index contributed by atoms with van der Waals surface area (Å²) in [6.45, 7) is 1.33. The van der Waals surface area contributed by atoms with Crippen LogP contribution in [-0.4, -0.2) is 35.1 Å². The van der Waals surface area contributed by atoms with Gasteiger partial charge in [0.15, 0.2) is 5.82 Å². The highest BCUT2D eigenvalue weighted by Crippen LogP contribution is 2.24. The second kappa shape index (κ2) is 8.91. The molecule has 2 heterocycles. The fourth-order valence-corrected chi connectivity index (χ4v) is 3.63. The lowest BCUT2D eigenvalue weighted by molar-refractivity contribution is -0.120. The van der Waals surface area contributed by atoms with E-state index in [2.05, 4.69) is 15.5 Å². The molecule has 4 rings (SSSR count). The van der Waals surface area contributed by atoms with Crippen LogP contribution >= 0.6 is 0 Å². The Bertz CT molecular complexity index is 1070. The fourth-order valence-electron chi connectivity index (χ4n) is 3.63. The van der Waals surface area contributed by atoms with Crippen LogP contribution in [0.25, 0.3) is 11.3 Å². The number of carbonyl (C=O) groups excluding carboxylic acids is 2. The van der Waals surface area contributed by atoms with Gasteiger partial charge in [0.05, 0.1) is 11.6 Å². The van der Waals surface area contributed by atoms with Gasteiger partial charge in [0.1, 0.15) is 5.82 Å². The molecule has 0 spiro atoms. The SMILES string of the molecule is NC(=O)c1ccc(NC(=O)[C@H]2CCCN(c3ccc(-c4ccc(F)cc4)nn3)C2)cc1. The van der Waals surface area contributed by atoms with E-state index in [1.807, 2.05) is 17.0 Å². The molecular weight excluding hydrogens is 397 g/mol. The van der Waals surface area contributed by atoms with E-state index in [-0.39, 0.29) is 17.6 Å². The Morgan fingerprint density at radius 3 is 2.39 bits per heavy atom. The molecule has 158 valence electrons. The highest BCUT2D eigenvalue weighted by atomic mass is 19.1. The van der Waals surface area contributed by atoms with Gasteiger partial charge in [0, 0.05) is 29.9 Å². The first-order valence-electron chi connectivity index (χ1n) is 10.0. The Labute approximate surface area is 179 Å². The number of primary amides is 1. The molecule has 3 N–H and O–H groups in total. The van der Waals surface area contributed by atoms with Crippen LogP contribution in [0.2, 0.25) is 0 Å². The summed E-state index contributed by atoms with van der Waals surface area (Å²) in [5.41, 5.74) is 7.71. The van der Waals surface area contributed by atoms with Gasteiger partial charge in [-0.3, -0.25) is 9.59 Å². The van der Waals surface area contributed by atoms with Crippen LogP contribution in [-0.2, 0) is 4.79 Å². The average molecular weight is 419 g/mol. The zero-order chi connectivity index (χ0) is 21.8. The molecule has 1 aliphatic heterocycles. The number of halogens is 1. The van der Waals surface area contributed by atoms with E-state index < -0.39 is 5.91 Å². The third kappa shape index (κ3) is 4.85. The van der Waals surface area contributed by atoms with E-state index in [1.165, 1.54) is 12.1 Å². The standard InChI is InChI=1S/C23H22FN5O2/c24-18-7-3-15(4-8-18)20-11-12-21(28-27-20)29-13-1-2-17(14-29)23(31)26-19-9-5-16(6-10-19)22(25)30/h3-12,17H,1-2,13-14H2,(H2,25,30)(H,26,31)/t17-/m0/s1. The predicted molar refractivity (Wildman–Crippen MR) is 116 cm³/mol. The third-order valence-corrected chi connectivity index (χ3v) is 5.34. The summed E-state index contributed by atoms with van der Waals surface area (Å²) in [4.78, 5) is 26.0. The number of benzene rings is 2. The first-order chi connectivity index (χ1) is 15.0. The van der Waals surface area contributed by atoms with Gasteiger partial charge in [-0.2, -0.15) is 0 Å². The number of nitrogens with one attached hydrogen (secondary N) is 1. The van der Waals surface area contributed by atoms with E-state index in [9.17, 15) is 14.0 Å². The molecule has 0 aliphatic carbocycles. The molecule has 0 saturated carbocycles. The molecule has 1 aliphatic rings. The number of amides is 2. The van der Waals surface area contributed by atoms with E-state index in [0.717, 1.165) is 24.9 Å². The molecule has 1 aromatic heterocycles. The van der Waals surface area contributed by atoms with E-state index in [4.69, 9.17) is 5.73 Å². The van der Waals surface area contributed by atoms with Crippen LogP contribution in [0, 0.1) is 11.7 Å². The Balaban J connectivity index is 1.40. The van der Waals surface area contributed by atoms with Crippen molar-refractivity contribution in [3.05, 3.63) is 72.0 Å². The van der Waals surface area contributed by atoms with Gasteiger partial charge in [-0.05, 0) is 73.5 Å². The van der Waals surface area contributed by atoms with Gasteiger partial charge in [-0.15, -0.1) is 10.2 Å². The molecule has 31 heavy (non-hydrogen) atoms. The topological polar surface area (TPSA) is 101 Å².